The van der Waals surface area contributed by atoms with Crippen LogP contribution < -0.4 is 5.73 Å². The molecule has 0 saturated heterocycles. The van der Waals surface area contributed by atoms with Crippen molar-refractivity contribution in [2.45, 2.75) is 13.2 Å². The van der Waals surface area contributed by atoms with Gasteiger partial charge < -0.3 is 5.73 Å². The zero-order valence-corrected chi connectivity index (χ0v) is 8.75. The number of hydrogen-bond donors (Lipinski definition) is 1. The van der Waals surface area contributed by atoms with Crippen molar-refractivity contribution < 1.29 is 12.6 Å². The van der Waals surface area contributed by atoms with Gasteiger partial charge in [-0.2, -0.15) is 8.42 Å². The van der Waals surface area contributed by atoms with Gasteiger partial charge in [0.05, 0.1) is 12.9 Å². The number of nitrogens with two attached hydrogens (primary N) is 1. The highest BCUT2D eigenvalue weighted by atomic mass is 32.2. The van der Waals surface area contributed by atoms with E-state index in [1.165, 1.54) is 0 Å². The summed E-state index contributed by atoms with van der Waals surface area (Å²) in [5.74, 6) is 0. The zero-order chi connectivity index (χ0) is 10.6. The molecule has 0 atom stereocenters. The van der Waals surface area contributed by atoms with Gasteiger partial charge in [0, 0.05) is 6.54 Å². The molecular weight excluding hydrogens is 202 g/mol. The van der Waals surface area contributed by atoms with Gasteiger partial charge in [-0.05, 0) is 11.1 Å². The first-order valence-electron chi connectivity index (χ1n) is 4.13. The molecule has 0 spiro atoms. The van der Waals surface area contributed by atoms with Crippen LogP contribution in [0.2, 0.25) is 0 Å². The van der Waals surface area contributed by atoms with Crippen LogP contribution in [0.1, 0.15) is 11.1 Å². The van der Waals surface area contributed by atoms with E-state index < -0.39 is 10.1 Å². The maximum absolute atomic E-state index is 10.7. The molecule has 0 heterocycles. The molecule has 2 N–H and O–H groups in total. The van der Waals surface area contributed by atoms with Crippen LogP contribution in [0, 0.1) is 0 Å². The molecule has 0 aliphatic heterocycles. The molecule has 0 bridgehead atoms. The van der Waals surface area contributed by atoms with Crippen LogP contribution in [0.5, 0.6) is 0 Å². The summed E-state index contributed by atoms with van der Waals surface area (Å²) in [6.07, 6.45) is 1.03. The molecule has 0 aliphatic carbocycles. The van der Waals surface area contributed by atoms with E-state index in [0.717, 1.165) is 17.4 Å². The highest BCUT2D eigenvalue weighted by Gasteiger charge is 2.01. The normalized spacial score (nSPS) is 11.6. The van der Waals surface area contributed by atoms with Gasteiger partial charge in [0.2, 0.25) is 0 Å². The number of benzene rings is 1. The van der Waals surface area contributed by atoms with Crippen LogP contribution in [0.3, 0.4) is 0 Å². The topological polar surface area (TPSA) is 69.4 Å². The monoisotopic (exact) mass is 215 g/mol. The van der Waals surface area contributed by atoms with E-state index in [-0.39, 0.29) is 6.61 Å². The SMILES string of the molecule is CS(=O)(=O)OCc1ccc(CN)cc1. The van der Waals surface area contributed by atoms with Gasteiger partial charge in [0.25, 0.3) is 10.1 Å². The lowest BCUT2D eigenvalue weighted by atomic mass is 10.1. The molecule has 0 radical (unpaired) electrons. The minimum atomic E-state index is -3.36. The van der Waals surface area contributed by atoms with Gasteiger partial charge in [-0.3, -0.25) is 4.18 Å². The van der Waals surface area contributed by atoms with Crippen LogP contribution >= 0.6 is 0 Å². The molecule has 0 fully saturated rings. The van der Waals surface area contributed by atoms with E-state index >= 15 is 0 Å². The molecule has 0 aliphatic rings. The lowest BCUT2D eigenvalue weighted by molar-refractivity contribution is 0.311. The van der Waals surface area contributed by atoms with E-state index in [1.807, 2.05) is 12.1 Å². The molecular formula is C9H13NO3S. The molecule has 78 valence electrons. The van der Waals surface area contributed by atoms with Crippen molar-refractivity contribution in [1.82, 2.24) is 0 Å². The highest BCUT2D eigenvalue weighted by Crippen LogP contribution is 2.06. The maximum atomic E-state index is 10.7. The summed E-state index contributed by atoms with van der Waals surface area (Å²) >= 11 is 0. The van der Waals surface area contributed by atoms with Crippen molar-refractivity contribution in [3.8, 4) is 0 Å². The Hall–Kier alpha value is -0.910. The largest absolute Gasteiger partial charge is 0.326 e. The summed E-state index contributed by atoms with van der Waals surface area (Å²) in [5.41, 5.74) is 7.24. The van der Waals surface area contributed by atoms with Gasteiger partial charge in [0.15, 0.2) is 0 Å². The number of hydrogen-bond acceptors (Lipinski definition) is 4. The Bertz CT molecular complexity index is 383. The van der Waals surface area contributed by atoms with Crippen molar-refractivity contribution >= 4 is 10.1 Å². The summed E-state index contributed by atoms with van der Waals surface area (Å²) in [7, 11) is -3.36. The Morgan fingerprint density at radius 1 is 1.21 bits per heavy atom. The number of rotatable bonds is 4. The Labute approximate surface area is 83.8 Å². The standard InChI is InChI=1S/C9H13NO3S/c1-14(11,12)13-7-9-4-2-8(6-10)3-5-9/h2-5H,6-7,10H2,1H3. The highest BCUT2D eigenvalue weighted by molar-refractivity contribution is 7.85. The molecule has 1 aromatic carbocycles. The molecule has 0 unspecified atom stereocenters. The van der Waals surface area contributed by atoms with Crippen LogP contribution in [0.25, 0.3) is 0 Å². The molecule has 1 rings (SSSR count). The second-order valence-corrected chi connectivity index (χ2v) is 4.63. The zero-order valence-electron chi connectivity index (χ0n) is 7.93. The fourth-order valence-corrected chi connectivity index (χ4v) is 1.30. The molecule has 14 heavy (non-hydrogen) atoms. The van der Waals surface area contributed by atoms with Crippen LogP contribution in [0.4, 0.5) is 0 Å². The average molecular weight is 215 g/mol. The molecule has 5 heteroatoms. The molecule has 0 saturated carbocycles. The van der Waals surface area contributed by atoms with Crippen molar-refractivity contribution in [3.63, 3.8) is 0 Å². The Balaban J connectivity index is 2.61. The fraction of sp³-hybridized carbons (Fsp3) is 0.333. The van der Waals surface area contributed by atoms with Crippen molar-refractivity contribution in [2.75, 3.05) is 6.26 Å². The van der Waals surface area contributed by atoms with Crippen LogP contribution in [-0.2, 0) is 27.5 Å². The first-order chi connectivity index (χ1) is 6.51. The molecule has 0 amide bonds. The van der Waals surface area contributed by atoms with Gasteiger partial charge >= 0.3 is 0 Å². The summed E-state index contributed by atoms with van der Waals surface area (Å²) in [6.45, 7) is 0.552. The van der Waals surface area contributed by atoms with E-state index in [0.29, 0.717) is 6.54 Å². The van der Waals surface area contributed by atoms with Gasteiger partial charge in [0.1, 0.15) is 0 Å². The summed E-state index contributed by atoms with van der Waals surface area (Å²) in [4.78, 5) is 0. The van der Waals surface area contributed by atoms with E-state index in [9.17, 15) is 8.42 Å². The Kier molecular flexibility index (Phi) is 3.62. The molecule has 4 nitrogen and oxygen atoms in total. The minimum Gasteiger partial charge on any atom is -0.326 e. The predicted molar refractivity (Wildman–Crippen MR) is 54.0 cm³/mol. The lowest BCUT2D eigenvalue weighted by Crippen LogP contribution is -2.03. The summed E-state index contributed by atoms with van der Waals surface area (Å²) in [5, 5.41) is 0. The van der Waals surface area contributed by atoms with Gasteiger partial charge in [-0.25, -0.2) is 0 Å². The third-order valence-electron chi connectivity index (χ3n) is 1.70. The maximum Gasteiger partial charge on any atom is 0.264 e. The van der Waals surface area contributed by atoms with Crippen molar-refractivity contribution in [1.29, 1.82) is 0 Å². The minimum absolute atomic E-state index is 0.0731. The Morgan fingerprint density at radius 3 is 2.14 bits per heavy atom. The average Bonchev–Trinajstić information content (AvgIpc) is 2.14. The first-order valence-corrected chi connectivity index (χ1v) is 5.95. The summed E-state index contributed by atoms with van der Waals surface area (Å²) < 4.78 is 26.0. The lowest BCUT2D eigenvalue weighted by Gasteiger charge is -2.02. The molecule has 1 aromatic rings. The first kappa shape index (κ1) is 11.2. The Morgan fingerprint density at radius 2 is 1.71 bits per heavy atom. The van der Waals surface area contributed by atoms with Crippen LogP contribution in [-0.4, -0.2) is 14.7 Å². The predicted octanol–water partition coefficient (Wildman–Crippen LogP) is 0.622. The van der Waals surface area contributed by atoms with Crippen molar-refractivity contribution in [2.24, 2.45) is 5.73 Å². The van der Waals surface area contributed by atoms with Gasteiger partial charge in [-0.1, -0.05) is 24.3 Å². The van der Waals surface area contributed by atoms with Crippen LogP contribution in [0.15, 0.2) is 24.3 Å². The quantitative estimate of drug-likeness (QED) is 0.747. The van der Waals surface area contributed by atoms with Gasteiger partial charge in [-0.15, -0.1) is 0 Å². The third kappa shape index (κ3) is 3.87. The second kappa shape index (κ2) is 4.54. The fourth-order valence-electron chi connectivity index (χ4n) is 0.947. The molecule has 0 aromatic heterocycles. The van der Waals surface area contributed by atoms with E-state index in [1.54, 1.807) is 12.1 Å². The second-order valence-electron chi connectivity index (χ2n) is 2.99. The van der Waals surface area contributed by atoms with Crippen molar-refractivity contribution in [3.05, 3.63) is 35.4 Å². The third-order valence-corrected chi connectivity index (χ3v) is 2.24. The smallest absolute Gasteiger partial charge is 0.264 e. The van der Waals surface area contributed by atoms with E-state index in [4.69, 9.17) is 5.73 Å². The summed E-state index contributed by atoms with van der Waals surface area (Å²) in [6, 6.07) is 7.29. The van der Waals surface area contributed by atoms with E-state index in [2.05, 4.69) is 4.18 Å².